The van der Waals surface area contributed by atoms with Crippen molar-refractivity contribution in [2.45, 2.75) is 6.42 Å². The van der Waals surface area contributed by atoms with Crippen LogP contribution in [0.1, 0.15) is 5.56 Å². The van der Waals surface area contributed by atoms with Crippen molar-refractivity contribution in [2.24, 2.45) is 5.73 Å². The molecule has 2 aromatic heterocycles. The minimum absolute atomic E-state index is 0.248. The number of nitrogens with one attached hydrogen (secondary N) is 1. The summed E-state index contributed by atoms with van der Waals surface area (Å²) in [6.45, 7) is 0.885. The van der Waals surface area contributed by atoms with E-state index in [4.69, 9.17) is 18.0 Å². The average Bonchev–Trinajstić information content (AvgIpc) is 2.90. The van der Waals surface area contributed by atoms with Crippen LogP contribution < -0.4 is 11.1 Å². The SMILES string of the molecule is NC(=S)n1nc(-c2ccccn2)c2c1NCC2. The van der Waals surface area contributed by atoms with Crippen LogP contribution in [0, 0.1) is 0 Å². The van der Waals surface area contributed by atoms with Crippen LogP contribution in [0.2, 0.25) is 0 Å². The van der Waals surface area contributed by atoms with Crippen molar-refractivity contribution in [3.8, 4) is 11.4 Å². The lowest BCUT2D eigenvalue weighted by Crippen LogP contribution is -2.22. The fourth-order valence-electron chi connectivity index (χ4n) is 2.04. The minimum atomic E-state index is 0.248. The van der Waals surface area contributed by atoms with Crippen LogP contribution >= 0.6 is 12.2 Å². The molecule has 3 heterocycles. The van der Waals surface area contributed by atoms with Crippen molar-refractivity contribution < 1.29 is 0 Å². The van der Waals surface area contributed by atoms with E-state index in [1.54, 1.807) is 10.9 Å². The van der Waals surface area contributed by atoms with Gasteiger partial charge in [0.25, 0.3) is 0 Å². The quantitative estimate of drug-likeness (QED) is 0.734. The maximum absolute atomic E-state index is 5.65. The van der Waals surface area contributed by atoms with Gasteiger partial charge in [-0.2, -0.15) is 9.78 Å². The first kappa shape index (κ1) is 10.2. The molecular formula is C11H11N5S. The summed E-state index contributed by atoms with van der Waals surface area (Å²) < 4.78 is 1.57. The lowest BCUT2D eigenvalue weighted by Gasteiger charge is -2.02. The molecule has 0 fully saturated rings. The van der Waals surface area contributed by atoms with Crippen molar-refractivity contribution in [1.29, 1.82) is 0 Å². The van der Waals surface area contributed by atoms with Gasteiger partial charge in [0.05, 0.1) is 5.69 Å². The van der Waals surface area contributed by atoms with E-state index < -0.39 is 0 Å². The van der Waals surface area contributed by atoms with E-state index in [1.165, 1.54) is 0 Å². The molecule has 2 aromatic rings. The predicted molar refractivity (Wildman–Crippen MR) is 69.8 cm³/mol. The van der Waals surface area contributed by atoms with Gasteiger partial charge < -0.3 is 11.1 Å². The Morgan fingerprint density at radius 2 is 2.35 bits per heavy atom. The zero-order chi connectivity index (χ0) is 11.8. The highest BCUT2D eigenvalue weighted by molar-refractivity contribution is 7.80. The number of thiocarbonyl (C=S) groups is 1. The van der Waals surface area contributed by atoms with Crippen LogP contribution in [0.25, 0.3) is 11.4 Å². The van der Waals surface area contributed by atoms with Crippen LogP contribution in [0.3, 0.4) is 0 Å². The lowest BCUT2D eigenvalue weighted by atomic mass is 10.1. The molecule has 86 valence electrons. The fourth-order valence-corrected chi connectivity index (χ4v) is 2.17. The predicted octanol–water partition coefficient (Wildman–Crippen LogP) is 1.00. The summed E-state index contributed by atoms with van der Waals surface area (Å²) in [4.78, 5) is 4.31. The van der Waals surface area contributed by atoms with Gasteiger partial charge in [0.1, 0.15) is 11.5 Å². The fraction of sp³-hybridized carbons (Fsp3) is 0.182. The van der Waals surface area contributed by atoms with Gasteiger partial charge in [0, 0.05) is 18.3 Å². The highest BCUT2D eigenvalue weighted by Gasteiger charge is 2.24. The van der Waals surface area contributed by atoms with E-state index in [9.17, 15) is 0 Å². The summed E-state index contributed by atoms with van der Waals surface area (Å²) in [5, 5.41) is 7.92. The van der Waals surface area contributed by atoms with Crippen molar-refractivity contribution in [3.63, 3.8) is 0 Å². The second kappa shape index (κ2) is 3.81. The molecule has 5 nitrogen and oxygen atoms in total. The third-order valence-electron chi connectivity index (χ3n) is 2.77. The number of pyridine rings is 1. The van der Waals surface area contributed by atoms with Gasteiger partial charge in [-0.3, -0.25) is 4.98 Å². The summed E-state index contributed by atoms with van der Waals surface area (Å²) in [5.41, 5.74) is 8.49. The monoisotopic (exact) mass is 245 g/mol. The summed E-state index contributed by atoms with van der Waals surface area (Å²) in [6.07, 6.45) is 2.67. The van der Waals surface area contributed by atoms with Gasteiger partial charge in [-0.15, -0.1) is 0 Å². The van der Waals surface area contributed by atoms with Crippen molar-refractivity contribution in [2.75, 3.05) is 11.9 Å². The molecule has 0 aromatic carbocycles. The van der Waals surface area contributed by atoms with Crippen LogP contribution in [0.5, 0.6) is 0 Å². The number of rotatable bonds is 1. The van der Waals surface area contributed by atoms with Gasteiger partial charge in [0.2, 0.25) is 0 Å². The number of nitrogens with zero attached hydrogens (tertiary/aromatic N) is 3. The molecule has 0 unspecified atom stereocenters. The number of nitrogens with two attached hydrogens (primary N) is 1. The Bertz CT molecular complexity index is 575. The van der Waals surface area contributed by atoms with E-state index in [-0.39, 0.29) is 5.11 Å². The number of fused-ring (bicyclic) bond motifs is 1. The number of aromatic nitrogens is 3. The van der Waals surface area contributed by atoms with Crippen LogP contribution in [-0.2, 0) is 6.42 Å². The first-order chi connectivity index (χ1) is 8.27. The van der Waals surface area contributed by atoms with E-state index in [2.05, 4.69) is 15.4 Å². The Morgan fingerprint density at radius 3 is 3.06 bits per heavy atom. The number of hydrogen-bond donors (Lipinski definition) is 2. The maximum Gasteiger partial charge on any atom is 0.193 e. The zero-order valence-corrected chi connectivity index (χ0v) is 9.87. The second-order valence-corrected chi connectivity index (χ2v) is 4.24. The molecule has 6 heteroatoms. The van der Waals surface area contributed by atoms with Crippen molar-refractivity contribution >= 4 is 23.1 Å². The van der Waals surface area contributed by atoms with Crippen molar-refractivity contribution in [1.82, 2.24) is 14.8 Å². The molecular weight excluding hydrogens is 234 g/mol. The largest absolute Gasteiger partial charge is 0.374 e. The molecule has 17 heavy (non-hydrogen) atoms. The van der Waals surface area contributed by atoms with Crippen LogP contribution in [0.15, 0.2) is 24.4 Å². The highest BCUT2D eigenvalue weighted by Crippen LogP contribution is 2.31. The molecule has 0 spiro atoms. The van der Waals surface area contributed by atoms with Crippen LogP contribution in [-0.4, -0.2) is 26.4 Å². The van der Waals surface area contributed by atoms with Crippen molar-refractivity contribution in [3.05, 3.63) is 30.0 Å². The average molecular weight is 245 g/mol. The standard InChI is InChI=1S/C11H11N5S/c12-11(17)16-10-7(4-6-14-10)9(15-16)8-3-1-2-5-13-8/h1-3,5,14H,4,6H2,(H2,12,17). The molecule has 0 bridgehead atoms. The molecule has 0 amide bonds. The molecule has 1 aliphatic rings. The Kier molecular flexibility index (Phi) is 2.29. The van der Waals surface area contributed by atoms with Gasteiger partial charge in [-0.25, -0.2) is 0 Å². The Morgan fingerprint density at radius 1 is 1.47 bits per heavy atom. The molecule has 1 aliphatic heterocycles. The van der Waals surface area contributed by atoms with Gasteiger partial charge in [-0.05, 0) is 30.8 Å². The van der Waals surface area contributed by atoms with Gasteiger partial charge in [0.15, 0.2) is 5.11 Å². The summed E-state index contributed by atoms with van der Waals surface area (Å²) in [5.74, 6) is 0.901. The van der Waals surface area contributed by atoms with E-state index in [0.29, 0.717) is 0 Å². The first-order valence-corrected chi connectivity index (χ1v) is 5.75. The minimum Gasteiger partial charge on any atom is -0.374 e. The van der Waals surface area contributed by atoms with Gasteiger partial charge in [-0.1, -0.05) is 6.07 Å². The topological polar surface area (TPSA) is 68.8 Å². The Balaban J connectivity index is 2.19. The number of hydrogen-bond acceptors (Lipinski definition) is 4. The normalized spacial score (nSPS) is 13.2. The molecule has 0 saturated carbocycles. The van der Waals surface area contributed by atoms with E-state index >= 15 is 0 Å². The van der Waals surface area contributed by atoms with Gasteiger partial charge >= 0.3 is 0 Å². The molecule has 0 radical (unpaired) electrons. The number of anilines is 1. The smallest absolute Gasteiger partial charge is 0.193 e. The second-order valence-electron chi connectivity index (χ2n) is 3.82. The third kappa shape index (κ3) is 1.57. The highest BCUT2D eigenvalue weighted by atomic mass is 32.1. The molecule has 0 saturated heterocycles. The van der Waals surface area contributed by atoms with E-state index in [0.717, 1.165) is 35.7 Å². The molecule has 3 N–H and O–H groups in total. The Hall–Kier alpha value is -1.95. The first-order valence-electron chi connectivity index (χ1n) is 5.34. The third-order valence-corrected chi connectivity index (χ3v) is 2.94. The summed E-state index contributed by atoms with van der Waals surface area (Å²) >= 11 is 4.98. The summed E-state index contributed by atoms with van der Waals surface area (Å²) in [7, 11) is 0. The van der Waals surface area contributed by atoms with Crippen LogP contribution in [0.4, 0.5) is 5.82 Å². The lowest BCUT2D eigenvalue weighted by molar-refractivity contribution is 0.932. The zero-order valence-electron chi connectivity index (χ0n) is 9.05. The Labute approximate surface area is 104 Å². The molecule has 0 atom stereocenters. The molecule has 3 rings (SSSR count). The maximum atomic E-state index is 5.65. The van der Waals surface area contributed by atoms with E-state index in [1.807, 2.05) is 18.2 Å². The molecule has 0 aliphatic carbocycles. The summed E-state index contributed by atoms with van der Waals surface area (Å²) in [6, 6.07) is 5.76.